The van der Waals surface area contributed by atoms with Gasteiger partial charge in [-0.05, 0) is 39.2 Å². The Labute approximate surface area is 136 Å². The average Bonchev–Trinajstić information content (AvgIpc) is 2.87. The summed E-state index contributed by atoms with van der Waals surface area (Å²) >= 11 is 0. The van der Waals surface area contributed by atoms with Crippen molar-refractivity contribution in [1.82, 2.24) is 15.2 Å². The Kier molecular flexibility index (Phi) is 6.88. The van der Waals surface area contributed by atoms with Gasteiger partial charge in [0.25, 0.3) is 5.91 Å². The standard InChI is InChI=1S/C15H21N5O.ClH/c1-20(2)9-5-8-17-15(16)19-14(21)13-10-11-6-3-4-7-12(11)18-13;/h3-4,6-7,10,18H,5,8-9H2,1-2H3,(H3,16,17,19,21);1H. The highest BCUT2D eigenvalue weighted by atomic mass is 35.5. The molecule has 6 nitrogen and oxygen atoms in total. The van der Waals surface area contributed by atoms with E-state index in [0.717, 1.165) is 23.9 Å². The van der Waals surface area contributed by atoms with Crippen molar-refractivity contribution in [2.75, 3.05) is 27.2 Å². The number of hydrogen-bond donors (Lipinski definition) is 3. The van der Waals surface area contributed by atoms with Gasteiger partial charge in [-0.1, -0.05) is 18.2 Å². The summed E-state index contributed by atoms with van der Waals surface area (Å²) in [5.74, 6) is -0.221. The van der Waals surface area contributed by atoms with Gasteiger partial charge in [0.2, 0.25) is 0 Å². The average molecular weight is 324 g/mol. The normalized spacial score (nSPS) is 11.5. The molecule has 0 saturated carbocycles. The van der Waals surface area contributed by atoms with Gasteiger partial charge in [-0.15, -0.1) is 12.4 Å². The quantitative estimate of drug-likeness (QED) is 0.443. The van der Waals surface area contributed by atoms with Crippen LogP contribution in [0.1, 0.15) is 16.9 Å². The lowest BCUT2D eigenvalue weighted by Gasteiger charge is -2.09. The minimum atomic E-state index is -0.371. The lowest BCUT2D eigenvalue weighted by Crippen LogP contribution is -2.34. The van der Waals surface area contributed by atoms with E-state index in [-0.39, 0.29) is 24.3 Å². The lowest BCUT2D eigenvalue weighted by atomic mass is 10.2. The third kappa shape index (κ3) is 5.05. The maximum atomic E-state index is 12.0. The van der Waals surface area contributed by atoms with E-state index in [1.165, 1.54) is 0 Å². The molecule has 0 saturated heterocycles. The Bertz CT molecular complexity index is 617. The van der Waals surface area contributed by atoms with Crippen LogP contribution in [0.2, 0.25) is 0 Å². The zero-order valence-corrected chi connectivity index (χ0v) is 13.6. The monoisotopic (exact) mass is 323 g/mol. The number of carbonyl (C=O) groups excluding carboxylic acids is 1. The van der Waals surface area contributed by atoms with Gasteiger partial charge in [-0.2, -0.15) is 4.99 Å². The molecule has 2 aromatic rings. The van der Waals surface area contributed by atoms with Crippen LogP contribution in [0.25, 0.3) is 10.9 Å². The number of rotatable bonds is 5. The molecule has 1 heterocycles. The zero-order chi connectivity index (χ0) is 15.2. The molecule has 1 aromatic carbocycles. The van der Waals surface area contributed by atoms with Crippen molar-refractivity contribution >= 4 is 35.2 Å². The third-order valence-corrected chi connectivity index (χ3v) is 3.07. The van der Waals surface area contributed by atoms with Gasteiger partial charge in [-0.25, -0.2) is 0 Å². The number of fused-ring (bicyclic) bond motifs is 1. The second-order valence-corrected chi connectivity index (χ2v) is 5.16. The predicted molar refractivity (Wildman–Crippen MR) is 92.7 cm³/mol. The number of H-pyrrole nitrogens is 1. The molecule has 2 rings (SSSR count). The summed E-state index contributed by atoms with van der Waals surface area (Å²) in [6, 6.07) is 9.47. The molecule has 120 valence electrons. The van der Waals surface area contributed by atoms with E-state index in [0.29, 0.717) is 12.2 Å². The summed E-state index contributed by atoms with van der Waals surface area (Å²) < 4.78 is 0. The van der Waals surface area contributed by atoms with Crippen LogP contribution in [0, 0.1) is 0 Å². The molecule has 4 N–H and O–H groups in total. The van der Waals surface area contributed by atoms with E-state index < -0.39 is 0 Å². The number of halogens is 1. The second kappa shape index (κ2) is 8.41. The van der Waals surface area contributed by atoms with E-state index in [2.05, 4.69) is 20.2 Å². The highest BCUT2D eigenvalue weighted by Gasteiger charge is 2.08. The van der Waals surface area contributed by atoms with Gasteiger partial charge in [-0.3, -0.25) is 4.79 Å². The summed E-state index contributed by atoms with van der Waals surface area (Å²) in [5, 5.41) is 3.92. The van der Waals surface area contributed by atoms with Crippen molar-refractivity contribution in [3.8, 4) is 0 Å². The van der Waals surface area contributed by atoms with Crippen molar-refractivity contribution in [3.05, 3.63) is 36.0 Å². The maximum absolute atomic E-state index is 12.0. The number of aliphatic imine (C=N–C) groups is 1. The molecule has 0 atom stereocenters. The summed E-state index contributed by atoms with van der Waals surface area (Å²) in [7, 11) is 4.02. The summed E-state index contributed by atoms with van der Waals surface area (Å²) in [5.41, 5.74) is 7.06. The first-order valence-corrected chi connectivity index (χ1v) is 6.91. The molecule has 7 heteroatoms. The van der Waals surface area contributed by atoms with E-state index in [9.17, 15) is 4.79 Å². The highest BCUT2D eigenvalue weighted by Crippen LogP contribution is 2.15. The molecule has 0 radical (unpaired) electrons. The summed E-state index contributed by atoms with van der Waals surface area (Å²) in [6.45, 7) is 1.64. The Balaban J connectivity index is 0.00000242. The van der Waals surface area contributed by atoms with Crippen molar-refractivity contribution in [2.45, 2.75) is 6.42 Å². The molecule has 1 amide bonds. The fourth-order valence-corrected chi connectivity index (χ4v) is 2.01. The van der Waals surface area contributed by atoms with Crippen molar-refractivity contribution in [3.63, 3.8) is 0 Å². The van der Waals surface area contributed by atoms with E-state index in [1.54, 1.807) is 6.07 Å². The highest BCUT2D eigenvalue weighted by molar-refractivity contribution is 6.03. The molecule has 0 unspecified atom stereocenters. The van der Waals surface area contributed by atoms with Gasteiger partial charge in [0.15, 0.2) is 5.96 Å². The Morgan fingerprint density at radius 1 is 1.36 bits per heavy atom. The third-order valence-electron chi connectivity index (χ3n) is 3.07. The first-order chi connectivity index (χ1) is 10.1. The number of guanidine groups is 1. The van der Waals surface area contributed by atoms with Gasteiger partial charge < -0.3 is 20.9 Å². The van der Waals surface area contributed by atoms with E-state index in [1.807, 2.05) is 38.4 Å². The van der Waals surface area contributed by atoms with Crippen molar-refractivity contribution in [1.29, 1.82) is 0 Å². The van der Waals surface area contributed by atoms with Crippen molar-refractivity contribution in [2.24, 2.45) is 10.7 Å². The van der Waals surface area contributed by atoms with Crippen LogP contribution in [0.4, 0.5) is 0 Å². The van der Waals surface area contributed by atoms with Crippen LogP contribution >= 0.6 is 12.4 Å². The van der Waals surface area contributed by atoms with Gasteiger partial charge in [0.1, 0.15) is 5.69 Å². The molecule has 1 aromatic heterocycles. The summed E-state index contributed by atoms with van der Waals surface area (Å²) in [6.07, 6.45) is 0.934. The Morgan fingerprint density at radius 3 is 2.77 bits per heavy atom. The fraction of sp³-hybridized carbons (Fsp3) is 0.333. The molecule has 0 spiro atoms. The van der Waals surface area contributed by atoms with Crippen LogP contribution in [-0.2, 0) is 0 Å². The topological polar surface area (TPSA) is 86.5 Å². The van der Waals surface area contributed by atoms with Crippen LogP contribution in [0.3, 0.4) is 0 Å². The van der Waals surface area contributed by atoms with E-state index >= 15 is 0 Å². The van der Waals surface area contributed by atoms with Gasteiger partial charge >= 0.3 is 0 Å². The molecule has 0 aliphatic carbocycles. The molecule has 0 aliphatic rings. The largest absolute Gasteiger partial charge is 0.370 e. The SMILES string of the molecule is CN(C)CCCNC(N)=NC(=O)c1cc2ccccc2[nH]1.Cl. The fourth-order valence-electron chi connectivity index (χ4n) is 2.01. The number of hydrogen-bond acceptors (Lipinski definition) is 2. The van der Waals surface area contributed by atoms with E-state index in [4.69, 9.17) is 5.73 Å². The molecule has 22 heavy (non-hydrogen) atoms. The number of aromatic amines is 1. The Hall–Kier alpha value is -2.05. The first-order valence-electron chi connectivity index (χ1n) is 6.91. The van der Waals surface area contributed by atoms with Gasteiger partial charge in [0, 0.05) is 17.4 Å². The molecule has 0 fully saturated rings. The summed E-state index contributed by atoms with van der Waals surface area (Å²) in [4.78, 5) is 21.0. The number of benzene rings is 1. The maximum Gasteiger partial charge on any atom is 0.296 e. The number of amides is 1. The lowest BCUT2D eigenvalue weighted by molar-refractivity contribution is 0.0998. The number of nitrogens with one attached hydrogen (secondary N) is 2. The zero-order valence-electron chi connectivity index (χ0n) is 12.8. The number of nitrogens with zero attached hydrogens (tertiary/aromatic N) is 2. The number of aromatic nitrogens is 1. The molecular formula is C15H22ClN5O. The van der Waals surface area contributed by atoms with Crippen LogP contribution in [0.15, 0.2) is 35.3 Å². The van der Waals surface area contributed by atoms with Crippen LogP contribution in [-0.4, -0.2) is 48.9 Å². The second-order valence-electron chi connectivity index (χ2n) is 5.16. The number of para-hydroxylation sites is 1. The molecular weight excluding hydrogens is 302 g/mol. The first kappa shape index (κ1) is 18.0. The van der Waals surface area contributed by atoms with Crippen LogP contribution in [0.5, 0.6) is 0 Å². The Morgan fingerprint density at radius 2 is 2.09 bits per heavy atom. The smallest absolute Gasteiger partial charge is 0.296 e. The number of carbonyl (C=O) groups is 1. The van der Waals surface area contributed by atoms with Crippen LogP contribution < -0.4 is 11.1 Å². The minimum Gasteiger partial charge on any atom is -0.370 e. The molecule has 0 aliphatic heterocycles. The van der Waals surface area contributed by atoms with Gasteiger partial charge in [0.05, 0.1) is 0 Å². The molecule has 0 bridgehead atoms. The van der Waals surface area contributed by atoms with Crippen molar-refractivity contribution < 1.29 is 4.79 Å². The minimum absolute atomic E-state index is 0. The number of nitrogens with two attached hydrogens (primary N) is 1. The predicted octanol–water partition coefficient (Wildman–Crippen LogP) is 1.59.